The Morgan fingerprint density at radius 3 is 2.41 bits per heavy atom. The van der Waals surface area contributed by atoms with Gasteiger partial charge < -0.3 is 9.73 Å². The summed E-state index contributed by atoms with van der Waals surface area (Å²) in [7, 11) is 0. The van der Waals surface area contributed by atoms with Gasteiger partial charge in [-0.25, -0.2) is 0 Å². The van der Waals surface area contributed by atoms with Crippen molar-refractivity contribution in [1.29, 1.82) is 0 Å². The van der Waals surface area contributed by atoms with E-state index in [0.717, 1.165) is 12.0 Å². The molecule has 0 aliphatic carbocycles. The van der Waals surface area contributed by atoms with E-state index in [1.54, 1.807) is 0 Å². The van der Waals surface area contributed by atoms with Gasteiger partial charge in [0.15, 0.2) is 0 Å². The van der Waals surface area contributed by atoms with Crippen molar-refractivity contribution in [2.24, 2.45) is 0 Å². The highest BCUT2D eigenvalue weighted by atomic mass is 32.2. The number of nitrogens with one attached hydrogen (secondary N) is 1. The average molecular weight is 382 g/mol. The highest BCUT2D eigenvalue weighted by Crippen LogP contribution is 2.26. The van der Waals surface area contributed by atoms with Crippen LogP contribution in [0.25, 0.3) is 11.5 Å². The minimum Gasteiger partial charge on any atom is -0.411 e. The summed E-state index contributed by atoms with van der Waals surface area (Å²) in [5, 5.41) is 11.2. The van der Waals surface area contributed by atoms with Gasteiger partial charge >= 0.3 is 0 Å². The zero-order chi connectivity index (χ0) is 19.1. The Balaban J connectivity index is 1.54. The Kier molecular flexibility index (Phi) is 6.65. The predicted octanol–water partition coefficient (Wildman–Crippen LogP) is 4.53. The molecule has 3 rings (SSSR count). The van der Waals surface area contributed by atoms with E-state index in [9.17, 15) is 4.79 Å². The summed E-state index contributed by atoms with van der Waals surface area (Å²) in [6.45, 7) is 4.59. The van der Waals surface area contributed by atoms with Crippen LogP contribution >= 0.6 is 11.8 Å². The molecule has 0 bridgehead atoms. The van der Waals surface area contributed by atoms with Crippen molar-refractivity contribution < 1.29 is 9.21 Å². The lowest BCUT2D eigenvalue weighted by molar-refractivity contribution is -0.120. The number of aromatic nitrogens is 2. The van der Waals surface area contributed by atoms with Gasteiger partial charge in [0, 0.05) is 18.0 Å². The Hall–Kier alpha value is -2.60. The van der Waals surface area contributed by atoms with Crippen LogP contribution in [0.2, 0.25) is 0 Å². The zero-order valence-corrected chi connectivity index (χ0v) is 16.3. The second-order valence-corrected chi connectivity index (χ2v) is 7.55. The molecule has 0 aliphatic heterocycles. The van der Waals surface area contributed by atoms with Gasteiger partial charge in [-0.15, -0.1) is 10.2 Å². The molecule has 2 atom stereocenters. The third kappa shape index (κ3) is 5.20. The summed E-state index contributed by atoms with van der Waals surface area (Å²) < 4.78 is 5.67. The summed E-state index contributed by atoms with van der Waals surface area (Å²) in [4.78, 5) is 12.5. The SMILES string of the molecule is CC[C@H](CNC(=O)[C@@H](C)Sc1nnc(-c2ccccc2)o1)c1ccccc1. The minimum absolute atomic E-state index is 0.0335. The van der Waals surface area contributed by atoms with Crippen LogP contribution in [-0.2, 0) is 4.79 Å². The smallest absolute Gasteiger partial charge is 0.277 e. The second kappa shape index (κ2) is 9.37. The molecule has 0 saturated carbocycles. The van der Waals surface area contributed by atoms with Crippen molar-refractivity contribution in [3.8, 4) is 11.5 Å². The molecule has 0 saturated heterocycles. The molecule has 140 valence electrons. The molecule has 0 spiro atoms. The number of hydrogen-bond acceptors (Lipinski definition) is 5. The van der Waals surface area contributed by atoms with Crippen LogP contribution in [0, 0.1) is 0 Å². The number of nitrogens with zero attached hydrogens (tertiary/aromatic N) is 2. The van der Waals surface area contributed by atoms with Crippen LogP contribution in [0.4, 0.5) is 0 Å². The van der Waals surface area contributed by atoms with Crippen molar-refractivity contribution in [2.75, 3.05) is 6.54 Å². The predicted molar refractivity (Wildman–Crippen MR) is 108 cm³/mol. The van der Waals surface area contributed by atoms with E-state index in [4.69, 9.17) is 4.42 Å². The van der Waals surface area contributed by atoms with E-state index in [2.05, 4.69) is 34.6 Å². The maximum atomic E-state index is 12.5. The summed E-state index contributed by atoms with van der Waals surface area (Å²) in [6, 6.07) is 19.8. The molecule has 1 heterocycles. The Morgan fingerprint density at radius 1 is 1.07 bits per heavy atom. The second-order valence-electron chi connectivity index (χ2n) is 6.26. The monoisotopic (exact) mass is 381 g/mol. The van der Waals surface area contributed by atoms with Crippen molar-refractivity contribution in [1.82, 2.24) is 15.5 Å². The van der Waals surface area contributed by atoms with E-state index in [1.807, 2.05) is 55.5 Å². The van der Waals surface area contributed by atoms with Crippen LogP contribution in [-0.4, -0.2) is 27.9 Å². The van der Waals surface area contributed by atoms with Gasteiger partial charge in [-0.1, -0.05) is 67.2 Å². The summed E-state index contributed by atoms with van der Waals surface area (Å²) >= 11 is 1.27. The van der Waals surface area contributed by atoms with Gasteiger partial charge in [0.25, 0.3) is 5.22 Å². The maximum Gasteiger partial charge on any atom is 0.277 e. The van der Waals surface area contributed by atoms with E-state index < -0.39 is 0 Å². The molecule has 27 heavy (non-hydrogen) atoms. The summed E-state index contributed by atoms with van der Waals surface area (Å²) in [5.41, 5.74) is 2.10. The molecule has 1 amide bonds. The van der Waals surface area contributed by atoms with Crippen molar-refractivity contribution in [3.05, 3.63) is 66.2 Å². The summed E-state index contributed by atoms with van der Waals surface area (Å²) in [5.74, 6) is 0.732. The fourth-order valence-electron chi connectivity index (χ4n) is 2.75. The lowest BCUT2D eigenvalue weighted by Crippen LogP contribution is -2.34. The average Bonchev–Trinajstić information content (AvgIpc) is 3.18. The molecule has 0 unspecified atom stereocenters. The molecule has 0 aliphatic rings. The van der Waals surface area contributed by atoms with Gasteiger partial charge in [0.1, 0.15) is 0 Å². The fraction of sp³-hybridized carbons (Fsp3) is 0.286. The number of rotatable bonds is 8. The molecule has 2 aromatic carbocycles. The van der Waals surface area contributed by atoms with Gasteiger partial charge in [0.2, 0.25) is 11.8 Å². The first-order chi connectivity index (χ1) is 13.2. The summed E-state index contributed by atoms with van der Waals surface area (Å²) in [6.07, 6.45) is 0.968. The van der Waals surface area contributed by atoms with Crippen molar-refractivity contribution in [3.63, 3.8) is 0 Å². The Morgan fingerprint density at radius 2 is 1.74 bits per heavy atom. The lowest BCUT2D eigenvalue weighted by atomic mass is 9.96. The standard InChI is InChI=1S/C21H23N3O2S/c1-3-16(17-10-6-4-7-11-17)14-22-19(25)15(2)27-21-24-23-20(26-21)18-12-8-5-9-13-18/h4-13,15-16H,3,14H2,1-2H3,(H,22,25)/t15-,16-/m1/s1. The van der Waals surface area contributed by atoms with Gasteiger partial charge in [-0.05, 0) is 31.0 Å². The van der Waals surface area contributed by atoms with Crippen LogP contribution in [0.15, 0.2) is 70.3 Å². The molecule has 1 N–H and O–H groups in total. The Labute approximate surface area is 163 Å². The normalized spacial score (nSPS) is 13.1. The largest absolute Gasteiger partial charge is 0.411 e. The minimum atomic E-state index is -0.317. The molecule has 0 fully saturated rings. The first-order valence-corrected chi connectivity index (χ1v) is 9.93. The maximum absolute atomic E-state index is 12.5. The number of carbonyl (C=O) groups excluding carboxylic acids is 1. The van der Waals surface area contributed by atoms with E-state index in [1.165, 1.54) is 17.3 Å². The van der Waals surface area contributed by atoms with Gasteiger partial charge in [0.05, 0.1) is 5.25 Å². The third-order valence-electron chi connectivity index (χ3n) is 4.36. The first-order valence-electron chi connectivity index (χ1n) is 9.05. The highest BCUT2D eigenvalue weighted by molar-refractivity contribution is 8.00. The number of benzene rings is 2. The molecule has 0 radical (unpaired) electrons. The van der Waals surface area contributed by atoms with Crippen LogP contribution < -0.4 is 5.32 Å². The molecule has 5 nitrogen and oxygen atoms in total. The Bertz CT molecular complexity index is 852. The molecular formula is C21H23N3O2S. The third-order valence-corrected chi connectivity index (χ3v) is 5.29. The van der Waals surface area contributed by atoms with Crippen molar-refractivity contribution in [2.45, 2.75) is 36.7 Å². The van der Waals surface area contributed by atoms with Crippen molar-refractivity contribution >= 4 is 17.7 Å². The molecular weight excluding hydrogens is 358 g/mol. The van der Waals surface area contributed by atoms with Crippen LogP contribution in [0.5, 0.6) is 0 Å². The molecule has 1 aromatic heterocycles. The number of carbonyl (C=O) groups is 1. The number of amides is 1. The van der Waals surface area contributed by atoms with Gasteiger partial charge in [-0.3, -0.25) is 4.79 Å². The van der Waals surface area contributed by atoms with Gasteiger partial charge in [-0.2, -0.15) is 0 Å². The van der Waals surface area contributed by atoms with E-state index in [0.29, 0.717) is 23.6 Å². The topological polar surface area (TPSA) is 68.0 Å². The molecule has 6 heteroatoms. The fourth-order valence-corrected chi connectivity index (χ4v) is 3.46. The van der Waals surface area contributed by atoms with Crippen LogP contribution in [0.1, 0.15) is 31.7 Å². The number of thioether (sulfide) groups is 1. The zero-order valence-electron chi connectivity index (χ0n) is 15.5. The first kappa shape index (κ1) is 19.2. The molecule has 3 aromatic rings. The van der Waals surface area contributed by atoms with Crippen LogP contribution in [0.3, 0.4) is 0 Å². The highest BCUT2D eigenvalue weighted by Gasteiger charge is 2.20. The quantitative estimate of drug-likeness (QED) is 0.581. The van der Waals surface area contributed by atoms with E-state index in [-0.39, 0.29) is 11.2 Å². The number of hydrogen-bond donors (Lipinski definition) is 1. The lowest BCUT2D eigenvalue weighted by Gasteiger charge is -2.17. The van der Waals surface area contributed by atoms with E-state index >= 15 is 0 Å².